The van der Waals surface area contributed by atoms with Crippen LogP contribution in [0.1, 0.15) is 63.1 Å². The first-order chi connectivity index (χ1) is 17.3. The molecule has 1 aromatic heterocycles. The van der Waals surface area contributed by atoms with E-state index < -0.39 is 23.3 Å². The van der Waals surface area contributed by atoms with Crippen LogP contribution in [0.3, 0.4) is 0 Å². The Balaban J connectivity index is 1.63. The van der Waals surface area contributed by atoms with E-state index in [9.17, 15) is 23.1 Å². The van der Waals surface area contributed by atoms with Crippen LogP contribution >= 0.6 is 23.1 Å². The molecule has 0 spiro atoms. The highest BCUT2D eigenvalue weighted by atomic mass is 32.2. The van der Waals surface area contributed by atoms with Crippen molar-refractivity contribution in [3.63, 3.8) is 0 Å². The number of aliphatic hydroxyl groups excluding tert-OH is 1. The number of cyclic esters (lactones) is 1. The number of hydrogen-bond acceptors (Lipinski definition) is 7. The second kappa shape index (κ2) is 10.2. The summed E-state index contributed by atoms with van der Waals surface area (Å²) < 4.78 is 47.3. The number of nitrogens with zero attached hydrogens (tertiary/aromatic N) is 1. The van der Waals surface area contributed by atoms with Gasteiger partial charge in [-0.1, -0.05) is 69.0 Å². The molecule has 1 aliphatic heterocycles. The third kappa shape index (κ3) is 5.60. The van der Waals surface area contributed by atoms with Crippen molar-refractivity contribution < 1.29 is 27.8 Å². The number of thiazole rings is 1. The van der Waals surface area contributed by atoms with Crippen molar-refractivity contribution in [1.29, 1.82) is 0 Å². The molecule has 10 heteroatoms. The Hall–Kier alpha value is -2.72. The molecule has 1 aliphatic rings. The maximum atomic E-state index is 13.5. The monoisotopic (exact) mass is 550 g/mol. The minimum absolute atomic E-state index is 0.0275. The largest absolute Gasteiger partial charge is 0.511 e. The average molecular weight is 551 g/mol. The third-order valence-corrected chi connectivity index (χ3v) is 8.80. The predicted octanol–water partition coefficient (Wildman–Crippen LogP) is 7.86. The number of rotatable bonds is 7. The summed E-state index contributed by atoms with van der Waals surface area (Å²) in [6.07, 6.45) is -4.25. The molecule has 3 N–H and O–H groups in total. The van der Waals surface area contributed by atoms with Crippen LogP contribution in [-0.2, 0) is 22.1 Å². The van der Waals surface area contributed by atoms with E-state index in [4.69, 9.17) is 10.5 Å². The Labute approximate surface area is 221 Å². The van der Waals surface area contributed by atoms with E-state index in [0.717, 1.165) is 38.5 Å². The van der Waals surface area contributed by atoms with Crippen molar-refractivity contribution >= 4 is 44.4 Å². The van der Waals surface area contributed by atoms with E-state index in [1.165, 1.54) is 23.5 Å². The van der Waals surface area contributed by atoms with Gasteiger partial charge in [-0.3, -0.25) is 0 Å². The lowest BCUT2D eigenvalue weighted by Gasteiger charge is -2.40. The van der Waals surface area contributed by atoms with Crippen molar-refractivity contribution in [3.8, 4) is 0 Å². The molecule has 3 aromatic rings. The summed E-state index contributed by atoms with van der Waals surface area (Å²) in [5, 5.41) is 11.5. The minimum atomic E-state index is -4.48. The molecule has 4 rings (SSSR count). The summed E-state index contributed by atoms with van der Waals surface area (Å²) in [4.78, 5) is 18.5. The zero-order valence-electron chi connectivity index (χ0n) is 21.0. The van der Waals surface area contributed by atoms with Gasteiger partial charge in [-0.05, 0) is 54.0 Å². The third-order valence-electron chi connectivity index (χ3n) is 6.77. The predicted molar refractivity (Wildman–Crippen MR) is 142 cm³/mol. The smallest absolute Gasteiger partial charge is 0.416 e. The van der Waals surface area contributed by atoms with Crippen LogP contribution in [0.5, 0.6) is 0 Å². The average Bonchev–Trinajstić information content (AvgIpc) is 3.17. The highest BCUT2D eigenvalue weighted by molar-refractivity contribution is 8.04. The second-order valence-electron chi connectivity index (χ2n) is 9.88. The molecular formula is C27H29F3N2O3S2. The highest BCUT2D eigenvalue weighted by Gasteiger charge is 2.45. The number of carbonyl (C=O) groups excluding carboxylic acids is 1. The Morgan fingerprint density at radius 1 is 1.22 bits per heavy atom. The summed E-state index contributed by atoms with van der Waals surface area (Å²) >= 11 is 2.48. The molecule has 0 amide bonds. The van der Waals surface area contributed by atoms with E-state index in [-0.39, 0.29) is 47.3 Å². The number of alkyl halides is 3. The maximum Gasteiger partial charge on any atom is 0.416 e. The van der Waals surface area contributed by atoms with Crippen LogP contribution in [0.25, 0.3) is 10.2 Å². The molecule has 1 unspecified atom stereocenters. The molecule has 1 atom stereocenters. The van der Waals surface area contributed by atoms with E-state index in [1.807, 2.05) is 39.8 Å². The van der Waals surface area contributed by atoms with Gasteiger partial charge in [0.05, 0.1) is 15.8 Å². The van der Waals surface area contributed by atoms with Crippen LogP contribution in [0, 0.1) is 5.92 Å². The van der Waals surface area contributed by atoms with Crippen LogP contribution in [0.2, 0.25) is 0 Å². The quantitative estimate of drug-likeness (QED) is 0.291. The summed E-state index contributed by atoms with van der Waals surface area (Å²) in [5.74, 6) is -0.894. The van der Waals surface area contributed by atoms with Gasteiger partial charge in [0, 0.05) is 11.3 Å². The first-order valence-corrected chi connectivity index (χ1v) is 13.6. The van der Waals surface area contributed by atoms with Gasteiger partial charge in [0.15, 0.2) is 5.13 Å². The zero-order valence-corrected chi connectivity index (χ0v) is 22.6. The molecule has 2 aromatic carbocycles. The maximum absolute atomic E-state index is 13.5. The Kier molecular flexibility index (Phi) is 7.54. The van der Waals surface area contributed by atoms with Gasteiger partial charge in [-0.2, -0.15) is 13.2 Å². The lowest BCUT2D eigenvalue weighted by Crippen LogP contribution is -2.44. The van der Waals surface area contributed by atoms with Gasteiger partial charge in [0.1, 0.15) is 16.3 Å². The van der Waals surface area contributed by atoms with Gasteiger partial charge >= 0.3 is 12.1 Å². The van der Waals surface area contributed by atoms with Gasteiger partial charge in [0.2, 0.25) is 0 Å². The molecular weight excluding hydrogens is 521 g/mol. The first kappa shape index (κ1) is 27.3. The number of carbonyl (C=O) groups is 1. The molecule has 0 radical (unpaired) electrons. The molecule has 5 nitrogen and oxygen atoms in total. The first-order valence-electron chi connectivity index (χ1n) is 12.0. The van der Waals surface area contributed by atoms with Crippen molar-refractivity contribution in [3.05, 3.63) is 63.8 Å². The molecule has 0 saturated heterocycles. The Morgan fingerprint density at radius 3 is 2.54 bits per heavy atom. The number of halogens is 3. The fourth-order valence-electron chi connectivity index (χ4n) is 4.60. The van der Waals surface area contributed by atoms with Crippen molar-refractivity contribution in [2.24, 2.45) is 5.92 Å². The van der Waals surface area contributed by atoms with Gasteiger partial charge in [-0.25, -0.2) is 9.78 Å². The molecule has 0 fully saturated rings. The molecule has 0 bridgehead atoms. The van der Waals surface area contributed by atoms with Crippen molar-refractivity contribution in [2.75, 3.05) is 5.73 Å². The summed E-state index contributed by atoms with van der Waals surface area (Å²) in [7, 11) is 0. The lowest BCUT2D eigenvalue weighted by atomic mass is 9.79. The van der Waals surface area contributed by atoms with Gasteiger partial charge in [0.25, 0.3) is 0 Å². The Bertz CT molecular complexity index is 1360. The fourth-order valence-corrected chi connectivity index (χ4v) is 6.55. The molecule has 37 heavy (non-hydrogen) atoms. The van der Waals surface area contributed by atoms with Crippen LogP contribution in [-0.4, -0.2) is 21.7 Å². The summed E-state index contributed by atoms with van der Waals surface area (Å²) in [6.45, 7) is 7.73. The zero-order chi connectivity index (χ0) is 27.1. The lowest BCUT2D eigenvalue weighted by molar-refractivity contribution is -0.164. The number of esters is 1. The van der Waals surface area contributed by atoms with E-state index in [2.05, 4.69) is 4.98 Å². The van der Waals surface area contributed by atoms with Crippen molar-refractivity contribution in [1.82, 2.24) is 4.98 Å². The second-order valence-corrected chi connectivity index (χ2v) is 12.0. The van der Waals surface area contributed by atoms with Crippen LogP contribution < -0.4 is 5.73 Å². The normalized spacial score (nSPS) is 18.8. The number of thioether (sulfide) groups is 1. The highest BCUT2D eigenvalue weighted by Crippen LogP contribution is 2.46. The number of hydrogen-bond donors (Lipinski definition) is 2. The number of aryl methyl sites for hydroxylation is 1. The number of nitrogens with two attached hydrogens (primary N) is 1. The van der Waals surface area contributed by atoms with Crippen molar-refractivity contribution in [2.45, 2.75) is 69.5 Å². The molecule has 0 aliphatic carbocycles. The van der Waals surface area contributed by atoms with Gasteiger partial charge < -0.3 is 15.6 Å². The molecule has 0 saturated carbocycles. The summed E-state index contributed by atoms with van der Waals surface area (Å²) in [6, 6.07) is 9.26. The van der Waals surface area contributed by atoms with E-state index >= 15 is 0 Å². The Morgan fingerprint density at radius 2 is 1.92 bits per heavy atom. The fraction of sp³-hybridized carbons (Fsp3) is 0.407. The number of aromatic nitrogens is 1. The number of anilines is 1. The number of nitrogen functional groups attached to an aromatic ring is 1. The van der Waals surface area contributed by atoms with E-state index in [0.29, 0.717) is 5.13 Å². The molecule has 198 valence electrons. The van der Waals surface area contributed by atoms with Gasteiger partial charge in [-0.15, -0.1) is 0 Å². The van der Waals surface area contributed by atoms with E-state index in [1.54, 1.807) is 6.07 Å². The number of ether oxygens (including phenoxy) is 1. The molecule has 2 heterocycles. The standard InChI is InChI=1S/C27H29F3N2O3S2/c1-14(2)17-11-19-22(37-25(31)32-19)12-21(17)36-23-20(33)13-26(15(3)4,35-24(23)34)10-9-16-7-5-6-8-18(16)27(28,29)30/h5-8,11-12,14-15,33H,9-10,13H2,1-4H3,(H2,31,32). The number of benzene rings is 2. The van der Waals surface area contributed by atoms with Crippen LogP contribution in [0.4, 0.5) is 18.3 Å². The minimum Gasteiger partial charge on any atom is -0.511 e. The topological polar surface area (TPSA) is 85.4 Å². The number of aliphatic hydroxyl groups is 1. The van der Waals surface area contributed by atoms with Crippen LogP contribution in [0.15, 0.2) is 52.0 Å². The summed E-state index contributed by atoms with van der Waals surface area (Å²) in [5.41, 5.74) is 5.91. The SMILES string of the molecule is CC(C)c1cc2nc(N)sc2cc1SC1=C(O)CC(CCc2ccccc2C(F)(F)F)(C(C)C)OC1=O. The number of fused-ring (bicyclic) bond motifs is 1.